The fourth-order valence-corrected chi connectivity index (χ4v) is 0.175. The predicted octanol–water partition coefficient (Wildman–Crippen LogP) is -0.134. The highest BCUT2D eigenvalue weighted by Gasteiger charge is 2.05. The van der Waals surface area contributed by atoms with Crippen LogP contribution in [0.5, 0.6) is 0 Å². The highest BCUT2D eigenvalue weighted by molar-refractivity contribution is 6.92. The molecular weight excluding hydrogens is 125 g/mol. The molecule has 2 unspecified atom stereocenters. The van der Waals surface area contributed by atoms with Gasteiger partial charge in [0, 0.05) is 0 Å². The highest BCUT2D eigenvalue weighted by atomic mass is 31.0. The summed E-state index contributed by atoms with van der Waals surface area (Å²) in [7, 11) is 0. The molecule has 0 bridgehead atoms. The maximum Gasteiger partial charge on any atom is 0.320 e. The number of aliphatic carboxylic acids is 1. The molecule has 0 aromatic rings. The Morgan fingerprint density at radius 1 is 1.88 bits per heavy atom. The van der Waals surface area contributed by atoms with Crippen LogP contribution in [0.3, 0.4) is 0 Å². The molecule has 4 heteroatoms. The van der Waals surface area contributed by atoms with Crippen LogP contribution in [0.4, 0.5) is 0 Å². The molecule has 8 heavy (non-hydrogen) atoms. The molecular formula is C4H12NO2P. The fourth-order valence-electron chi connectivity index (χ4n) is 0.175. The van der Waals surface area contributed by atoms with E-state index in [1.807, 2.05) is 0 Å². The molecule has 0 aliphatic rings. The Morgan fingerprint density at radius 2 is 2.25 bits per heavy atom. The summed E-state index contributed by atoms with van der Waals surface area (Å²) in [5.41, 5.74) is 5.02. The van der Waals surface area contributed by atoms with Crippen molar-refractivity contribution in [3.05, 3.63) is 0 Å². The first-order valence-corrected chi connectivity index (χ1v) is 2.17. The van der Waals surface area contributed by atoms with Gasteiger partial charge in [0.15, 0.2) is 0 Å². The van der Waals surface area contributed by atoms with Gasteiger partial charge in [-0.1, -0.05) is 6.92 Å². The summed E-state index contributed by atoms with van der Waals surface area (Å²) in [5.74, 6) is -0.928. The van der Waals surface area contributed by atoms with Crippen LogP contribution in [0.25, 0.3) is 0 Å². The second kappa shape index (κ2) is 5.01. The topological polar surface area (TPSA) is 63.3 Å². The van der Waals surface area contributed by atoms with Crippen molar-refractivity contribution in [2.75, 3.05) is 0 Å². The molecule has 0 spiro atoms. The van der Waals surface area contributed by atoms with Crippen molar-refractivity contribution in [3.63, 3.8) is 0 Å². The van der Waals surface area contributed by atoms with E-state index in [1.54, 1.807) is 6.92 Å². The summed E-state index contributed by atoms with van der Waals surface area (Å²) in [6.07, 6.45) is 0.495. The molecule has 0 saturated heterocycles. The van der Waals surface area contributed by atoms with Crippen molar-refractivity contribution in [3.8, 4) is 0 Å². The molecule has 2 atom stereocenters. The van der Waals surface area contributed by atoms with E-state index in [2.05, 4.69) is 0 Å². The van der Waals surface area contributed by atoms with Crippen LogP contribution in [0, 0.1) is 0 Å². The molecule has 0 aromatic carbocycles. The van der Waals surface area contributed by atoms with Crippen LogP contribution in [0.1, 0.15) is 13.3 Å². The standard InChI is InChI=1S/C4H9NO2.H3P/c1-2-3(5)4(6)7;/h3H,2,5H2,1H3,(H,6,7);1H3. The van der Waals surface area contributed by atoms with Crippen molar-refractivity contribution < 1.29 is 9.90 Å². The van der Waals surface area contributed by atoms with Crippen LogP contribution in [0.15, 0.2) is 0 Å². The Hall–Kier alpha value is -0.140. The number of carbonyl (C=O) groups is 1. The molecule has 3 nitrogen and oxygen atoms in total. The minimum Gasteiger partial charge on any atom is -0.480 e. The van der Waals surface area contributed by atoms with Gasteiger partial charge in [0.25, 0.3) is 0 Å². The van der Waals surface area contributed by atoms with Crippen LogP contribution in [-0.4, -0.2) is 17.1 Å². The predicted molar refractivity (Wildman–Crippen MR) is 37.0 cm³/mol. The Kier molecular flexibility index (Phi) is 6.74. The lowest BCUT2D eigenvalue weighted by molar-refractivity contribution is -0.138. The number of carboxylic acid groups (broad SMARTS) is 1. The maximum atomic E-state index is 9.81. The molecule has 0 rings (SSSR count). The van der Waals surface area contributed by atoms with Gasteiger partial charge in [0.1, 0.15) is 6.04 Å². The van der Waals surface area contributed by atoms with E-state index < -0.39 is 12.0 Å². The van der Waals surface area contributed by atoms with Crippen molar-refractivity contribution in [1.82, 2.24) is 0 Å². The van der Waals surface area contributed by atoms with E-state index in [1.165, 1.54) is 0 Å². The SMILES string of the molecule is CCC(N)C(=O)O.P. The van der Waals surface area contributed by atoms with Gasteiger partial charge in [-0.25, -0.2) is 0 Å². The minimum atomic E-state index is -0.928. The number of hydrogen-bond donors (Lipinski definition) is 2. The summed E-state index contributed by atoms with van der Waals surface area (Å²) < 4.78 is 0. The summed E-state index contributed by atoms with van der Waals surface area (Å²) in [5, 5.41) is 8.06. The third-order valence-corrected chi connectivity index (χ3v) is 0.757. The van der Waals surface area contributed by atoms with Gasteiger partial charge in [-0.05, 0) is 6.42 Å². The first kappa shape index (κ1) is 10.8. The van der Waals surface area contributed by atoms with Crippen molar-refractivity contribution in [2.24, 2.45) is 5.73 Å². The monoisotopic (exact) mass is 137 g/mol. The lowest BCUT2D eigenvalue weighted by Crippen LogP contribution is -2.28. The second-order valence-electron chi connectivity index (χ2n) is 1.35. The molecule has 0 amide bonds. The van der Waals surface area contributed by atoms with E-state index in [4.69, 9.17) is 10.8 Å². The zero-order valence-corrected chi connectivity index (χ0v) is 6.34. The Balaban J connectivity index is 0. The number of carboxylic acids is 1. The number of rotatable bonds is 2. The van der Waals surface area contributed by atoms with Crippen LogP contribution >= 0.6 is 9.90 Å². The molecule has 3 N–H and O–H groups in total. The van der Waals surface area contributed by atoms with Crippen molar-refractivity contribution >= 4 is 15.9 Å². The number of hydrogen-bond acceptors (Lipinski definition) is 2. The largest absolute Gasteiger partial charge is 0.480 e. The summed E-state index contributed by atoms with van der Waals surface area (Å²) in [6.45, 7) is 1.73. The Bertz CT molecular complexity index is 76.4. The van der Waals surface area contributed by atoms with E-state index in [9.17, 15) is 4.79 Å². The highest BCUT2D eigenvalue weighted by Crippen LogP contribution is 1.82. The second-order valence-corrected chi connectivity index (χ2v) is 1.35. The molecule has 0 heterocycles. The van der Waals surface area contributed by atoms with Gasteiger partial charge in [-0.3, -0.25) is 4.79 Å². The van der Waals surface area contributed by atoms with Gasteiger partial charge >= 0.3 is 5.97 Å². The molecule has 0 aliphatic carbocycles. The van der Waals surface area contributed by atoms with Gasteiger partial charge in [0.05, 0.1) is 0 Å². The summed E-state index contributed by atoms with van der Waals surface area (Å²) in [4.78, 5) is 9.81. The first-order chi connectivity index (χ1) is 3.18. The van der Waals surface area contributed by atoms with E-state index in [-0.39, 0.29) is 9.90 Å². The van der Waals surface area contributed by atoms with E-state index >= 15 is 0 Å². The minimum absolute atomic E-state index is 0. The van der Waals surface area contributed by atoms with E-state index in [0.29, 0.717) is 6.42 Å². The third-order valence-electron chi connectivity index (χ3n) is 0.757. The van der Waals surface area contributed by atoms with Crippen molar-refractivity contribution in [1.29, 1.82) is 0 Å². The molecule has 0 radical (unpaired) electrons. The molecule has 0 fully saturated rings. The summed E-state index contributed by atoms with van der Waals surface area (Å²) in [6, 6.07) is -0.681. The maximum absolute atomic E-state index is 9.81. The lowest BCUT2D eigenvalue weighted by atomic mass is 10.2. The Labute approximate surface area is 51.9 Å². The Morgan fingerprint density at radius 3 is 2.25 bits per heavy atom. The molecule has 0 aliphatic heterocycles. The van der Waals surface area contributed by atoms with Crippen LogP contribution in [0.2, 0.25) is 0 Å². The smallest absolute Gasteiger partial charge is 0.320 e. The number of nitrogens with two attached hydrogens (primary N) is 1. The van der Waals surface area contributed by atoms with Crippen molar-refractivity contribution in [2.45, 2.75) is 19.4 Å². The van der Waals surface area contributed by atoms with Crippen LogP contribution in [-0.2, 0) is 4.79 Å². The molecule has 0 saturated carbocycles. The van der Waals surface area contributed by atoms with E-state index in [0.717, 1.165) is 0 Å². The summed E-state index contributed by atoms with van der Waals surface area (Å²) >= 11 is 0. The van der Waals surface area contributed by atoms with Gasteiger partial charge in [0.2, 0.25) is 0 Å². The third kappa shape index (κ3) is 4.03. The lowest BCUT2D eigenvalue weighted by Gasteiger charge is -1.97. The first-order valence-electron chi connectivity index (χ1n) is 2.17. The zero-order chi connectivity index (χ0) is 5.86. The average molecular weight is 137 g/mol. The van der Waals surface area contributed by atoms with Crippen LogP contribution < -0.4 is 5.73 Å². The average Bonchev–Trinajstić information content (AvgIpc) is 1.65. The normalized spacial score (nSPS) is 11.8. The van der Waals surface area contributed by atoms with Gasteiger partial charge in [-0.15, -0.1) is 0 Å². The fraction of sp³-hybridized carbons (Fsp3) is 0.750. The van der Waals surface area contributed by atoms with Gasteiger partial charge < -0.3 is 10.8 Å². The molecule has 50 valence electrons. The molecule has 0 aromatic heterocycles. The van der Waals surface area contributed by atoms with Gasteiger partial charge in [-0.2, -0.15) is 9.90 Å². The zero-order valence-electron chi connectivity index (χ0n) is 4.92. The quantitative estimate of drug-likeness (QED) is 0.521.